The van der Waals surface area contributed by atoms with Gasteiger partial charge in [-0.15, -0.1) is 0 Å². The highest BCUT2D eigenvalue weighted by Gasteiger charge is 2.08. The molecule has 1 nitrogen and oxygen atoms in total. The molecule has 0 atom stereocenters. The quantitative estimate of drug-likeness (QED) is 0.609. The first-order chi connectivity index (χ1) is 5.93. The molecule has 0 saturated carbocycles. The van der Waals surface area contributed by atoms with Gasteiger partial charge in [-0.25, -0.2) is 0 Å². The number of piperidine rings is 1. The van der Waals surface area contributed by atoms with Gasteiger partial charge in [0, 0.05) is 12.3 Å². The van der Waals surface area contributed by atoms with Crippen LogP contribution in [0.3, 0.4) is 0 Å². The molecule has 0 aromatic heterocycles. The number of hydrogen-bond donors (Lipinski definition) is 0. The van der Waals surface area contributed by atoms with E-state index in [1.165, 1.54) is 56.8 Å². The van der Waals surface area contributed by atoms with Crippen LogP contribution in [-0.4, -0.2) is 36.0 Å². The largest absolute Gasteiger partial charge is 0.303 e. The van der Waals surface area contributed by atoms with E-state index in [-0.39, 0.29) is 0 Å². The van der Waals surface area contributed by atoms with E-state index < -0.39 is 0 Å². The second kappa shape index (κ2) is 6.79. The Bertz CT molecular complexity index is 100. The fourth-order valence-corrected chi connectivity index (χ4v) is 2.50. The van der Waals surface area contributed by atoms with E-state index in [0.29, 0.717) is 0 Å². The first-order valence-electron chi connectivity index (χ1n) is 5.23. The summed E-state index contributed by atoms with van der Waals surface area (Å²) < 4.78 is 0. The Kier molecular flexibility index (Phi) is 5.88. The Morgan fingerprint density at radius 3 is 2.50 bits per heavy atom. The van der Waals surface area contributed by atoms with Crippen molar-refractivity contribution >= 4 is 11.8 Å². The summed E-state index contributed by atoms with van der Waals surface area (Å²) in [6, 6.07) is 0. The van der Waals surface area contributed by atoms with Crippen LogP contribution in [-0.2, 0) is 0 Å². The van der Waals surface area contributed by atoms with Crippen molar-refractivity contribution in [1.29, 1.82) is 0 Å². The zero-order valence-electron chi connectivity index (χ0n) is 8.22. The molecule has 1 saturated heterocycles. The second-order valence-corrected chi connectivity index (χ2v) is 4.74. The lowest BCUT2D eigenvalue weighted by molar-refractivity contribution is 0.242. The molecule has 12 heavy (non-hydrogen) atoms. The molecule has 2 heteroatoms. The molecule has 0 aromatic rings. The van der Waals surface area contributed by atoms with Crippen LogP contribution in [0.4, 0.5) is 0 Å². The highest BCUT2D eigenvalue weighted by molar-refractivity contribution is 7.99. The third-order valence-corrected chi connectivity index (χ3v) is 3.52. The summed E-state index contributed by atoms with van der Waals surface area (Å²) in [6.07, 6.45) is 5.64. The van der Waals surface area contributed by atoms with Gasteiger partial charge >= 0.3 is 0 Å². The normalized spacial score (nSPS) is 19.8. The predicted octanol–water partition coefficient (Wildman–Crippen LogP) is 2.62. The predicted molar refractivity (Wildman–Crippen MR) is 57.9 cm³/mol. The maximum Gasteiger partial charge on any atom is 0.00723 e. The number of thioether (sulfide) groups is 1. The van der Waals surface area contributed by atoms with Crippen molar-refractivity contribution < 1.29 is 0 Å². The molecular formula is C10H21NS. The average molecular weight is 187 g/mol. The third kappa shape index (κ3) is 4.36. The van der Waals surface area contributed by atoms with Crippen molar-refractivity contribution in [3.05, 3.63) is 0 Å². The van der Waals surface area contributed by atoms with Crippen LogP contribution in [0, 0.1) is 0 Å². The molecule has 0 spiro atoms. The number of likely N-dealkylation sites (tertiary alicyclic amines) is 1. The highest BCUT2D eigenvalue weighted by atomic mass is 32.2. The minimum atomic E-state index is 1.32. The van der Waals surface area contributed by atoms with E-state index in [9.17, 15) is 0 Å². The van der Waals surface area contributed by atoms with Gasteiger partial charge in [-0.2, -0.15) is 11.8 Å². The van der Waals surface area contributed by atoms with Gasteiger partial charge in [0.15, 0.2) is 0 Å². The molecule has 1 rings (SSSR count). The van der Waals surface area contributed by atoms with Crippen LogP contribution in [0.25, 0.3) is 0 Å². The zero-order valence-corrected chi connectivity index (χ0v) is 9.04. The van der Waals surface area contributed by atoms with Gasteiger partial charge < -0.3 is 4.90 Å². The maximum absolute atomic E-state index is 2.62. The van der Waals surface area contributed by atoms with Gasteiger partial charge in [0.25, 0.3) is 0 Å². The SMILES string of the molecule is CCCSCCN1CCCCC1. The van der Waals surface area contributed by atoms with E-state index >= 15 is 0 Å². The van der Waals surface area contributed by atoms with E-state index in [1.54, 1.807) is 0 Å². The summed E-state index contributed by atoms with van der Waals surface area (Å²) in [4.78, 5) is 2.62. The minimum Gasteiger partial charge on any atom is -0.303 e. The Morgan fingerprint density at radius 2 is 1.83 bits per heavy atom. The van der Waals surface area contributed by atoms with Crippen molar-refractivity contribution in [2.75, 3.05) is 31.1 Å². The molecule has 1 aliphatic rings. The number of hydrogen-bond acceptors (Lipinski definition) is 2. The summed E-state index contributed by atoms with van der Waals surface area (Å²) >= 11 is 2.11. The Morgan fingerprint density at radius 1 is 1.08 bits per heavy atom. The van der Waals surface area contributed by atoms with Crippen molar-refractivity contribution in [1.82, 2.24) is 4.90 Å². The van der Waals surface area contributed by atoms with Crippen molar-refractivity contribution in [2.24, 2.45) is 0 Å². The van der Waals surface area contributed by atoms with Gasteiger partial charge in [-0.1, -0.05) is 13.3 Å². The lowest BCUT2D eigenvalue weighted by Crippen LogP contribution is -2.31. The minimum absolute atomic E-state index is 1.32. The molecule has 0 bridgehead atoms. The van der Waals surface area contributed by atoms with Crippen LogP contribution >= 0.6 is 11.8 Å². The van der Waals surface area contributed by atoms with Gasteiger partial charge in [0.05, 0.1) is 0 Å². The van der Waals surface area contributed by atoms with E-state index in [2.05, 4.69) is 23.6 Å². The smallest absolute Gasteiger partial charge is 0.00723 e. The second-order valence-electron chi connectivity index (χ2n) is 3.51. The van der Waals surface area contributed by atoms with Gasteiger partial charge in [-0.3, -0.25) is 0 Å². The fraction of sp³-hybridized carbons (Fsp3) is 1.00. The van der Waals surface area contributed by atoms with Crippen molar-refractivity contribution in [3.8, 4) is 0 Å². The molecule has 0 amide bonds. The first-order valence-corrected chi connectivity index (χ1v) is 6.39. The standard InChI is InChI=1S/C10H21NS/c1-2-9-12-10-8-11-6-4-3-5-7-11/h2-10H2,1H3. The summed E-state index contributed by atoms with van der Waals surface area (Å²) in [6.45, 7) is 6.29. The van der Waals surface area contributed by atoms with E-state index in [1.807, 2.05) is 0 Å². The van der Waals surface area contributed by atoms with Gasteiger partial charge in [0.2, 0.25) is 0 Å². The van der Waals surface area contributed by atoms with Crippen LogP contribution in [0.2, 0.25) is 0 Å². The molecule has 72 valence electrons. The van der Waals surface area contributed by atoms with E-state index in [4.69, 9.17) is 0 Å². The highest BCUT2D eigenvalue weighted by Crippen LogP contribution is 2.10. The lowest BCUT2D eigenvalue weighted by Gasteiger charge is -2.25. The summed E-state index contributed by atoms with van der Waals surface area (Å²) in [5.74, 6) is 2.68. The van der Waals surface area contributed by atoms with Crippen LogP contribution in [0.1, 0.15) is 32.6 Å². The van der Waals surface area contributed by atoms with Crippen molar-refractivity contribution in [2.45, 2.75) is 32.6 Å². The Hall–Kier alpha value is 0.310. The molecule has 0 aromatic carbocycles. The Balaban J connectivity index is 1.91. The third-order valence-electron chi connectivity index (χ3n) is 2.35. The fourth-order valence-electron chi connectivity index (χ4n) is 1.62. The topological polar surface area (TPSA) is 3.24 Å². The summed E-state index contributed by atoms with van der Waals surface area (Å²) in [5.41, 5.74) is 0. The van der Waals surface area contributed by atoms with Crippen LogP contribution < -0.4 is 0 Å². The van der Waals surface area contributed by atoms with Gasteiger partial charge in [0.1, 0.15) is 0 Å². The molecule has 0 aliphatic carbocycles. The molecule has 0 radical (unpaired) electrons. The maximum atomic E-state index is 2.62. The lowest BCUT2D eigenvalue weighted by atomic mass is 10.1. The molecular weight excluding hydrogens is 166 g/mol. The molecule has 1 fully saturated rings. The number of rotatable bonds is 5. The Labute approximate surface area is 80.9 Å². The summed E-state index contributed by atoms with van der Waals surface area (Å²) in [5, 5.41) is 0. The van der Waals surface area contributed by atoms with Crippen LogP contribution in [0.15, 0.2) is 0 Å². The zero-order chi connectivity index (χ0) is 8.65. The average Bonchev–Trinajstić information content (AvgIpc) is 2.14. The molecule has 0 N–H and O–H groups in total. The summed E-state index contributed by atoms with van der Waals surface area (Å²) in [7, 11) is 0. The van der Waals surface area contributed by atoms with Crippen LogP contribution in [0.5, 0.6) is 0 Å². The number of nitrogens with zero attached hydrogens (tertiary/aromatic N) is 1. The molecule has 1 aliphatic heterocycles. The molecule has 0 unspecified atom stereocenters. The van der Waals surface area contributed by atoms with Crippen molar-refractivity contribution in [3.63, 3.8) is 0 Å². The monoisotopic (exact) mass is 187 g/mol. The first kappa shape index (κ1) is 10.4. The molecule has 1 heterocycles. The van der Waals surface area contributed by atoms with Gasteiger partial charge in [-0.05, 0) is 38.1 Å². The van der Waals surface area contributed by atoms with E-state index in [0.717, 1.165) is 0 Å².